The van der Waals surface area contributed by atoms with E-state index in [0.29, 0.717) is 5.56 Å². The lowest BCUT2D eigenvalue weighted by molar-refractivity contribution is -0.124. The maximum atomic E-state index is 12.8. The van der Waals surface area contributed by atoms with Gasteiger partial charge in [-0.3, -0.25) is 4.79 Å². The molecule has 0 radical (unpaired) electrons. The monoisotopic (exact) mass is 245 g/mol. The van der Waals surface area contributed by atoms with Gasteiger partial charge in [-0.15, -0.1) is 0 Å². The van der Waals surface area contributed by atoms with E-state index < -0.39 is 5.92 Å². The van der Waals surface area contributed by atoms with E-state index in [9.17, 15) is 14.4 Å². The molecular weight excluding hydrogens is 229 g/mol. The van der Waals surface area contributed by atoms with Crippen LogP contribution in [-0.4, -0.2) is 5.78 Å². The van der Waals surface area contributed by atoms with Crippen molar-refractivity contribution in [2.45, 2.75) is 38.0 Å². The maximum Gasteiger partial charge on any atom is 0.157 e. The van der Waals surface area contributed by atoms with E-state index in [-0.39, 0.29) is 17.5 Å². The Morgan fingerprint density at radius 3 is 2.39 bits per heavy atom. The van der Waals surface area contributed by atoms with Gasteiger partial charge in [0.05, 0.1) is 6.07 Å². The fourth-order valence-corrected chi connectivity index (χ4v) is 2.58. The van der Waals surface area contributed by atoms with Crippen LogP contribution in [0.5, 0.6) is 0 Å². The first kappa shape index (κ1) is 12.8. The highest BCUT2D eigenvalue weighted by Gasteiger charge is 2.29. The average Bonchev–Trinajstić information content (AvgIpc) is 2.42. The predicted octanol–water partition coefficient (Wildman–Crippen LogP) is 3.58. The Morgan fingerprint density at radius 1 is 1.22 bits per heavy atom. The largest absolute Gasteiger partial charge is 0.298 e. The molecule has 0 aromatic heterocycles. The molecule has 0 bridgehead atoms. The van der Waals surface area contributed by atoms with Crippen molar-refractivity contribution in [2.24, 2.45) is 5.92 Å². The normalized spacial score (nSPS) is 18.0. The molecule has 2 nitrogen and oxygen atoms in total. The van der Waals surface area contributed by atoms with Crippen LogP contribution in [0.2, 0.25) is 0 Å². The summed E-state index contributed by atoms with van der Waals surface area (Å²) in [4.78, 5) is 12.3. The van der Waals surface area contributed by atoms with Gasteiger partial charge in [0.1, 0.15) is 11.7 Å². The highest BCUT2D eigenvalue weighted by molar-refractivity contribution is 5.90. The van der Waals surface area contributed by atoms with Crippen molar-refractivity contribution in [2.75, 3.05) is 0 Å². The van der Waals surface area contributed by atoms with Crippen LogP contribution in [0.15, 0.2) is 24.3 Å². The van der Waals surface area contributed by atoms with E-state index in [2.05, 4.69) is 6.07 Å². The Labute approximate surface area is 106 Å². The molecule has 1 unspecified atom stereocenters. The molecule has 0 amide bonds. The molecule has 3 heteroatoms. The Balaban J connectivity index is 2.15. The second-order valence-corrected chi connectivity index (χ2v) is 4.85. The molecule has 1 fully saturated rings. The molecule has 0 saturated heterocycles. The minimum Gasteiger partial charge on any atom is -0.298 e. The number of hydrogen-bond acceptors (Lipinski definition) is 2. The molecule has 0 aliphatic heterocycles. The summed E-state index contributed by atoms with van der Waals surface area (Å²) in [5.74, 6) is -1.08. The molecule has 94 valence electrons. The van der Waals surface area contributed by atoms with Gasteiger partial charge in [-0.25, -0.2) is 4.39 Å². The van der Waals surface area contributed by atoms with Crippen LogP contribution >= 0.6 is 0 Å². The molecule has 1 atom stereocenters. The highest BCUT2D eigenvalue weighted by atomic mass is 19.1. The lowest BCUT2D eigenvalue weighted by Crippen LogP contribution is -2.23. The van der Waals surface area contributed by atoms with Crippen molar-refractivity contribution < 1.29 is 9.18 Å². The number of carbonyl (C=O) groups excluding carboxylic acids is 1. The van der Waals surface area contributed by atoms with Gasteiger partial charge in [0, 0.05) is 5.92 Å². The zero-order chi connectivity index (χ0) is 13.0. The summed E-state index contributed by atoms with van der Waals surface area (Å²) in [6, 6.07) is 7.73. The first-order valence-corrected chi connectivity index (χ1v) is 6.41. The predicted molar refractivity (Wildman–Crippen MR) is 66.3 cm³/mol. The standard InChI is InChI=1S/C15H16FNO/c16-13-8-6-11(7-9-13)14(10-17)15(18)12-4-2-1-3-5-12/h6-9,12,14H,1-5H2. The van der Waals surface area contributed by atoms with Gasteiger partial charge >= 0.3 is 0 Å². The minimum atomic E-state index is -0.742. The van der Waals surface area contributed by atoms with Crippen LogP contribution < -0.4 is 0 Å². The zero-order valence-corrected chi connectivity index (χ0v) is 10.2. The van der Waals surface area contributed by atoms with Crippen LogP contribution in [-0.2, 0) is 4.79 Å². The first-order chi connectivity index (χ1) is 8.72. The summed E-state index contributed by atoms with van der Waals surface area (Å²) >= 11 is 0. The third-order valence-corrected chi connectivity index (χ3v) is 3.62. The number of nitriles is 1. The van der Waals surface area contributed by atoms with Gasteiger partial charge in [-0.05, 0) is 30.5 Å². The van der Waals surface area contributed by atoms with Crippen molar-refractivity contribution in [1.29, 1.82) is 5.26 Å². The molecule has 1 aliphatic carbocycles. The molecular formula is C15H16FNO. The number of ketones is 1. The van der Waals surface area contributed by atoms with E-state index in [0.717, 1.165) is 25.7 Å². The van der Waals surface area contributed by atoms with Gasteiger partial charge in [-0.1, -0.05) is 31.4 Å². The summed E-state index contributed by atoms with van der Waals surface area (Å²) in [6.45, 7) is 0. The zero-order valence-electron chi connectivity index (χ0n) is 10.2. The summed E-state index contributed by atoms with van der Waals surface area (Å²) < 4.78 is 12.8. The van der Waals surface area contributed by atoms with E-state index in [1.165, 1.54) is 30.7 Å². The molecule has 0 heterocycles. The van der Waals surface area contributed by atoms with Crippen molar-refractivity contribution in [3.05, 3.63) is 35.6 Å². The SMILES string of the molecule is N#CC(C(=O)C1CCCCC1)c1ccc(F)cc1. The smallest absolute Gasteiger partial charge is 0.157 e. The summed E-state index contributed by atoms with van der Waals surface area (Å²) in [5.41, 5.74) is 0.606. The van der Waals surface area contributed by atoms with E-state index >= 15 is 0 Å². The fraction of sp³-hybridized carbons (Fsp3) is 0.467. The van der Waals surface area contributed by atoms with Crippen LogP contribution in [0, 0.1) is 23.1 Å². The van der Waals surface area contributed by atoms with E-state index in [1.807, 2.05) is 0 Å². The van der Waals surface area contributed by atoms with Crippen LogP contribution in [0.1, 0.15) is 43.6 Å². The second kappa shape index (κ2) is 5.77. The third kappa shape index (κ3) is 2.76. The number of carbonyl (C=O) groups is 1. The molecule has 1 saturated carbocycles. The van der Waals surface area contributed by atoms with E-state index in [4.69, 9.17) is 0 Å². The van der Waals surface area contributed by atoms with Crippen LogP contribution in [0.3, 0.4) is 0 Å². The molecule has 1 aromatic carbocycles. The van der Waals surface area contributed by atoms with Crippen LogP contribution in [0.25, 0.3) is 0 Å². The summed E-state index contributed by atoms with van der Waals surface area (Å²) in [7, 11) is 0. The summed E-state index contributed by atoms with van der Waals surface area (Å²) in [5, 5.41) is 9.19. The van der Waals surface area contributed by atoms with Crippen molar-refractivity contribution >= 4 is 5.78 Å². The number of Topliss-reactive ketones (excluding diaryl/α,β-unsaturated/α-hetero) is 1. The number of nitrogens with zero attached hydrogens (tertiary/aromatic N) is 1. The van der Waals surface area contributed by atoms with Crippen LogP contribution in [0.4, 0.5) is 4.39 Å². The fourth-order valence-electron chi connectivity index (χ4n) is 2.58. The highest BCUT2D eigenvalue weighted by Crippen LogP contribution is 2.30. The van der Waals surface area contributed by atoms with Gasteiger partial charge in [0.2, 0.25) is 0 Å². The van der Waals surface area contributed by atoms with Gasteiger partial charge in [0.15, 0.2) is 5.78 Å². The van der Waals surface area contributed by atoms with Crippen molar-refractivity contribution in [3.8, 4) is 6.07 Å². The number of benzene rings is 1. The number of rotatable bonds is 3. The molecule has 2 rings (SSSR count). The lowest BCUT2D eigenvalue weighted by Gasteiger charge is -2.22. The Hall–Kier alpha value is -1.69. The molecule has 1 aliphatic rings. The summed E-state index contributed by atoms with van der Waals surface area (Å²) in [6.07, 6.45) is 5.09. The average molecular weight is 245 g/mol. The lowest BCUT2D eigenvalue weighted by atomic mass is 9.80. The minimum absolute atomic E-state index is 0.00353. The molecule has 0 N–H and O–H groups in total. The maximum absolute atomic E-state index is 12.8. The number of halogens is 1. The van der Waals surface area contributed by atoms with Gasteiger partial charge in [0.25, 0.3) is 0 Å². The van der Waals surface area contributed by atoms with Crippen molar-refractivity contribution in [1.82, 2.24) is 0 Å². The van der Waals surface area contributed by atoms with Gasteiger partial charge < -0.3 is 0 Å². The topological polar surface area (TPSA) is 40.9 Å². The molecule has 0 spiro atoms. The molecule has 18 heavy (non-hydrogen) atoms. The number of hydrogen-bond donors (Lipinski definition) is 0. The Kier molecular flexibility index (Phi) is 4.09. The quantitative estimate of drug-likeness (QED) is 0.816. The Bertz CT molecular complexity index is 454. The van der Waals surface area contributed by atoms with Crippen molar-refractivity contribution in [3.63, 3.8) is 0 Å². The van der Waals surface area contributed by atoms with Gasteiger partial charge in [-0.2, -0.15) is 5.26 Å². The molecule has 1 aromatic rings. The third-order valence-electron chi connectivity index (χ3n) is 3.62. The first-order valence-electron chi connectivity index (χ1n) is 6.41. The Morgan fingerprint density at radius 2 is 1.83 bits per heavy atom. The second-order valence-electron chi connectivity index (χ2n) is 4.85. The van der Waals surface area contributed by atoms with E-state index in [1.54, 1.807) is 0 Å².